The molecule has 3 heterocycles. The van der Waals surface area contributed by atoms with Gasteiger partial charge in [0.15, 0.2) is 0 Å². The number of amides is 3. The molecule has 0 radical (unpaired) electrons. The Labute approximate surface area is 159 Å². The second kappa shape index (κ2) is 7.48. The lowest BCUT2D eigenvalue weighted by Gasteiger charge is -2.47. The van der Waals surface area contributed by atoms with Crippen LogP contribution in [-0.2, 0) is 17.9 Å². The number of aromatic nitrogens is 1. The van der Waals surface area contributed by atoms with Gasteiger partial charge in [0.1, 0.15) is 6.04 Å². The van der Waals surface area contributed by atoms with Crippen LogP contribution in [0.5, 0.6) is 0 Å². The van der Waals surface area contributed by atoms with Crippen molar-refractivity contribution in [3.8, 4) is 0 Å². The summed E-state index contributed by atoms with van der Waals surface area (Å²) in [6.45, 7) is 3.62. The molecule has 2 aromatic rings. The number of carbonyl (C=O) groups excluding carboxylic acids is 2. The lowest BCUT2D eigenvalue weighted by molar-refractivity contribution is -0.137. The fourth-order valence-corrected chi connectivity index (χ4v) is 3.91. The van der Waals surface area contributed by atoms with Crippen LogP contribution in [0.25, 0.3) is 0 Å². The van der Waals surface area contributed by atoms with Crippen molar-refractivity contribution in [1.29, 1.82) is 0 Å². The quantitative estimate of drug-likeness (QED) is 0.905. The van der Waals surface area contributed by atoms with E-state index in [1.807, 2.05) is 24.0 Å². The molecule has 3 amide bonds. The maximum Gasteiger partial charge on any atom is 0.327 e. The van der Waals surface area contributed by atoms with E-state index in [1.165, 1.54) is 10.5 Å². The van der Waals surface area contributed by atoms with Crippen LogP contribution in [0.4, 0.5) is 4.79 Å². The maximum atomic E-state index is 13.2. The molecule has 2 unspecified atom stereocenters. The lowest BCUT2D eigenvalue weighted by Crippen LogP contribution is -2.68. The summed E-state index contributed by atoms with van der Waals surface area (Å²) in [5.41, 5.74) is 3.12. The Hall–Kier alpha value is -2.73. The molecular weight excluding hydrogens is 340 g/mol. The number of imide groups is 1. The summed E-state index contributed by atoms with van der Waals surface area (Å²) in [6.07, 6.45) is 5.20. The molecular formula is C21H24N4O2. The van der Waals surface area contributed by atoms with E-state index in [0.29, 0.717) is 6.54 Å². The molecule has 2 fully saturated rings. The molecule has 140 valence electrons. The molecule has 4 rings (SSSR count). The van der Waals surface area contributed by atoms with Crippen molar-refractivity contribution in [2.24, 2.45) is 0 Å². The van der Waals surface area contributed by atoms with E-state index in [9.17, 15) is 9.59 Å². The second-order valence-corrected chi connectivity index (χ2v) is 7.32. The van der Waals surface area contributed by atoms with Crippen LogP contribution in [0.3, 0.4) is 0 Å². The van der Waals surface area contributed by atoms with Gasteiger partial charge in [-0.05, 0) is 43.5 Å². The zero-order valence-electron chi connectivity index (χ0n) is 15.5. The number of piperidine rings is 1. The zero-order chi connectivity index (χ0) is 18.8. The van der Waals surface area contributed by atoms with Crippen molar-refractivity contribution in [2.75, 3.05) is 6.54 Å². The molecule has 6 nitrogen and oxygen atoms in total. The number of nitrogens with zero attached hydrogens (tertiary/aromatic N) is 3. The highest BCUT2D eigenvalue weighted by Gasteiger charge is 2.46. The Morgan fingerprint density at radius 3 is 2.67 bits per heavy atom. The first kappa shape index (κ1) is 17.7. The molecule has 1 N–H and O–H groups in total. The maximum absolute atomic E-state index is 13.2. The molecule has 0 spiro atoms. The van der Waals surface area contributed by atoms with Gasteiger partial charge in [0, 0.05) is 18.9 Å². The van der Waals surface area contributed by atoms with Crippen molar-refractivity contribution in [1.82, 2.24) is 20.1 Å². The van der Waals surface area contributed by atoms with Gasteiger partial charge in [-0.15, -0.1) is 0 Å². The second-order valence-electron chi connectivity index (χ2n) is 7.32. The van der Waals surface area contributed by atoms with Gasteiger partial charge >= 0.3 is 6.03 Å². The zero-order valence-corrected chi connectivity index (χ0v) is 15.5. The SMILES string of the molecule is Cc1ccc(CN2C(=O)N(Cc3cccnc3)C(=O)C3NCCCC32)cc1. The van der Waals surface area contributed by atoms with E-state index in [-0.39, 0.29) is 30.6 Å². The topological polar surface area (TPSA) is 65.5 Å². The van der Waals surface area contributed by atoms with Crippen molar-refractivity contribution in [3.63, 3.8) is 0 Å². The molecule has 1 aromatic heterocycles. The lowest BCUT2D eigenvalue weighted by atomic mass is 9.93. The van der Waals surface area contributed by atoms with Crippen LogP contribution in [0.2, 0.25) is 0 Å². The summed E-state index contributed by atoms with van der Waals surface area (Å²) in [4.78, 5) is 33.6. The number of fused-ring (bicyclic) bond motifs is 1. The fourth-order valence-electron chi connectivity index (χ4n) is 3.91. The average molecular weight is 364 g/mol. The van der Waals surface area contributed by atoms with Gasteiger partial charge in [0.25, 0.3) is 0 Å². The summed E-state index contributed by atoms with van der Waals surface area (Å²) in [7, 11) is 0. The number of benzene rings is 1. The van der Waals surface area contributed by atoms with Crippen LogP contribution in [-0.4, -0.2) is 45.4 Å². The first-order chi connectivity index (χ1) is 13.1. The van der Waals surface area contributed by atoms with Gasteiger partial charge in [0.2, 0.25) is 5.91 Å². The summed E-state index contributed by atoms with van der Waals surface area (Å²) in [5.74, 6) is -0.131. The third-order valence-corrected chi connectivity index (χ3v) is 5.37. The Balaban J connectivity index is 1.62. The summed E-state index contributed by atoms with van der Waals surface area (Å²) >= 11 is 0. The van der Waals surface area contributed by atoms with Gasteiger partial charge in [0.05, 0.1) is 12.6 Å². The molecule has 0 aliphatic carbocycles. The minimum atomic E-state index is -0.335. The molecule has 27 heavy (non-hydrogen) atoms. The van der Waals surface area contributed by atoms with Crippen molar-refractivity contribution >= 4 is 11.9 Å². The van der Waals surface area contributed by atoms with Crippen molar-refractivity contribution in [3.05, 3.63) is 65.5 Å². The van der Waals surface area contributed by atoms with E-state index in [0.717, 1.165) is 30.5 Å². The van der Waals surface area contributed by atoms with Crippen molar-refractivity contribution < 1.29 is 9.59 Å². The molecule has 0 bridgehead atoms. The van der Waals surface area contributed by atoms with Gasteiger partial charge < -0.3 is 10.2 Å². The highest BCUT2D eigenvalue weighted by molar-refractivity contribution is 6.00. The molecule has 0 saturated carbocycles. The Morgan fingerprint density at radius 1 is 1.11 bits per heavy atom. The van der Waals surface area contributed by atoms with Crippen LogP contribution in [0.1, 0.15) is 29.5 Å². The van der Waals surface area contributed by atoms with E-state index < -0.39 is 0 Å². The number of hydrogen-bond donors (Lipinski definition) is 1. The minimum absolute atomic E-state index is 0.0924. The Kier molecular flexibility index (Phi) is 4.90. The number of urea groups is 1. The van der Waals surface area contributed by atoms with E-state index >= 15 is 0 Å². The average Bonchev–Trinajstić information content (AvgIpc) is 2.71. The first-order valence-electron chi connectivity index (χ1n) is 9.43. The first-order valence-corrected chi connectivity index (χ1v) is 9.43. The highest BCUT2D eigenvalue weighted by Crippen LogP contribution is 2.27. The molecule has 6 heteroatoms. The van der Waals surface area contributed by atoms with Gasteiger partial charge in [-0.2, -0.15) is 0 Å². The minimum Gasteiger partial charge on any atom is -0.315 e. The van der Waals surface area contributed by atoms with Gasteiger partial charge in [-0.1, -0.05) is 35.9 Å². The standard InChI is InChI=1S/C21H24N4O2/c1-15-6-8-16(9-7-15)13-24-18-5-3-11-23-19(18)20(26)25(21(24)27)14-17-4-2-10-22-12-17/h2,4,6-10,12,18-19,23H,3,5,11,13-14H2,1H3. The fraction of sp³-hybridized carbons (Fsp3) is 0.381. The molecule has 2 aliphatic rings. The third-order valence-electron chi connectivity index (χ3n) is 5.37. The number of pyridine rings is 1. The summed E-state index contributed by atoms with van der Waals surface area (Å²) in [5, 5.41) is 3.33. The monoisotopic (exact) mass is 364 g/mol. The largest absolute Gasteiger partial charge is 0.327 e. The summed E-state index contributed by atoms with van der Waals surface area (Å²) in [6, 6.07) is 11.3. The number of carbonyl (C=O) groups is 2. The number of nitrogens with one attached hydrogen (secondary N) is 1. The third kappa shape index (κ3) is 3.57. The van der Waals surface area contributed by atoms with E-state index in [2.05, 4.69) is 34.6 Å². The predicted octanol–water partition coefficient (Wildman–Crippen LogP) is 2.48. The van der Waals surface area contributed by atoms with Gasteiger partial charge in [-0.3, -0.25) is 14.7 Å². The number of rotatable bonds is 4. The molecule has 2 saturated heterocycles. The molecule has 2 atom stereocenters. The van der Waals surface area contributed by atoms with E-state index in [1.54, 1.807) is 12.4 Å². The normalized spacial score (nSPS) is 22.7. The van der Waals surface area contributed by atoms with Crippen molar-refractivity contribution in [2.45, 2.75) is 44.9 Å². The molecule has 1 aromatic carbocycles. The number of aryl methyl sites for hydroxylation is 1. The predicted molar refractivity (Wildman–Crippen MR) is 102 cm³/mol. The van der Waals surface area contributed by atoms with Crippen LogP contribution < -0.4 is 5.32 Å². The smallest absolute Gasteiger partial charge is 0.315 e. The van der Waals surface area contributed by atoms with Crippen LogP contribution in [0.15, 0.2) is 48.8 Å². The highest BCUT2D eigenvalue weighted by atomic mass is 16.2. The Morgan fingerprint density at radius 2 is 1.93 bits per heavy atom. The summed E-state index contributed by atoms with van der Waals surface area (Å²) < 4.78 is 0. The molecule has 2 aliphatic heterocycles. The van der Waals surface area contributed by atoms with Crippen LogP contribution >= 0.6 is 0 Å². The van der Waals surface area contributed by atoms with Crippen LogP contribution in [0, 0.1) is 6.92 Å². The van der Waals surface area contributed by atoms with Gasteiger partial charge in [-0.25, -0.2) is 4.79 Å². The Bertz CT molecular complexity index is 822. The number of hydrogen-bond acceptors (Lipinski definition) is 4. The van der Waals surface area contributed by atoms with E-state index in [4.69, 9.17) is 0 Å².